The lowest BCUT2D eigenvalue weighted by Crippen LogP contribution is -2.42. The summed E-state index contributed by atoms with van der Waals surface area (Å²) in [7, 11) is 0. The highest BCUT2D eigenvalue weighted by molar-refractivity contribution is 5.95. The summed E-state index contributed by atoms with van der Waals surface area (Å²) in [6, 6.07) is -0.0211. The average molecular weight is 223 g/mol. The Labute approximate surface area is 95.2 Å². The van der Waals surface area contributed by atoms with Crippen LogP contribution in [-0.2, 0) is 9.53 Å². The van der Waals surface area contributed by atoms with Crippen molar-refractivity contribution in [1.82, 2.24) is 4.90 Å². The average Bonchev–Trinajstić information content (AvgIpc) is 2.76. The summed E-state index contributed by atoms with van der Waals surface area (Å²) in [5.74, 6) is -0.316. The van der Waals surface area contributed by atoms with Gasteiger partial charge in [-0.15, -0.1) is 6.58 Å². The zero-order valence-corrected chi connectivity index (χ0v) is 9.52. The zero-order chi connectivity index (χ0) is 11.7. The molecule has 2 rings (SSSR count). The second kappa shape index (κ2) is 4.28. The fourth-order valence-electron chi connectivity index (χ4n) is 2.50. The number of carbonyl (C=O) groups is 2. The molecule has 2 fully saturated rings. The molecule has 3 atom stereocenters. The lowest BCUT2D eigenvalue weighted by Gasteiger charge is -2.21. The first-order chi connectivity index (χ1) is 7.65. The van der Waals surface area contributed by atoms with Crippen molar-refractivity contribution in [3.63, 3.8) is 0 Å². The number of carbonyl (C=O) groups excluding carboxylic acids is 2. The highest BCUT2D eigenvalue weighted by Gasteiger charge is 2.48. The van der Waals surface area contributed by atoms with Crippen LogP contribution in [0.4, 0.5) is 4.79 Å². The fraction of sp³-hybridized carbons (Fsp3) is 0.667. The summed E-state index contributed by atoms with van der Waals surface area (Å²) in [5, 5.41) is 0. The van der Waals surface area contributed by atoms with Crippen LogP contribution in [0.3, 0.4) is 0 Å². The highest BCUT2D eigenvalue weighted by atomic mass is 16.6. The lowest BCUT2D eigenvalue weighted by atomic mass is 10.1. The number of rotatable bonds is 3. The number of allylic oxidation sites excluding steroid dienone is 1. The summed E-state index contributed by atoms with van der Waals surface area (Å²) in [5.41, 5.74) is 0. The number of fused-ring (bicyclic) bond motifs is 1. The van der Waals surface area contributed by atoms with Gasteiger partial charge in [-0.05, 0) is 25.7 Å². The standard InChI is InChI=1S/C12H17NO3/c1-3-5-8(2)11(14)13-9-6-4-7-10(9)16-12(13)15/h3,8-10H,1,4-7H2,2H3/t8-,9+,10-/m0/s1. The molecule has 0 unspecified atom stereocenters. The van der Waals surface area contributed by atoms with Crippen LogP contribution in [-0.4, -0.2) is 29.0 Å². The Balaban J connectivity index is 2.10. The van der Waals surface area contributed by atoms with Crippen LogP contribution < -0.4 is 0 Å². The van der Waals surface area contributed by atoms with Gasteiger partial charge in [0.1, 0.15) is 6.10 Å². The first-order valence-corrected chi connectivity index (χ1v) is 5.79. The molecule has 4 nitrogen and oxygen atoms in total. The number of nitrogens with zero attached hydrogens (tertiary/aromatic N) is 1. The van der Waals surface area contributed by atoms with Crippen molar-refractivity contribution in [1.29, 1.82) is 0 Å². The van der Waals surface area contributed by atoms with Crippen molar-refractivity contribution in [2.45, 2.75) is 44.8 Å². The number of imide groups is 1. The van der Waals surface area contributed by atoms with Gasteiger partial charge in [0.2, 0.25) is 5.91 Å². The maximum absolute atomic E-state index is 12.1. The van der Waals surface area contributed by atoms with E-state index >= 15 is 0 Å². The Bertz CT molecular complexity index is 326. The van der Waals surface area contributed by atoms with Gasteiger partial charge in [-0.1, -0.05) is 13.0 Å². The maximum atomic E-state index is 12.1. The molecule has 1 aliphatic carbocycles. The number of hydrogen-bond donors (Lipinski definition) is 0. The van der Waals surface area contributed by atoms with E-state index in [2.05, 4.69) is 6.58 Å². The monoisotopic (exact) mass is 223 g/mol. The van der Waals surface area contributed by atoms with Gasteiger partial charge >= 0.3 is 6.09 Å². The van der Waals surface area contributed by atoms with Gasteiger partial charge in [-0.3, -0.25) is 4.79 Å². The Kier molecular flexibility index (Phi) is 2.99. The van der Waals surface area contributed by atoms with Crippen molar-refractivity contribution in [3.05, 3.63) is 12.7 Å². The summed E-state index contributed by atoms with van der Waals surface area (Å²) in [6.07, 6.45) is 4.57. The Morgan fingerprint density at radius 3 is 3.12 bits per heavy atom. The molecule has 88 valence electrons. The van der Waals surface area contributed by atoms with Crippen LogP contribution in [0.1, 0.15) is 32.6 Å². The number of ether oxygens (including phenoxy) is 1. The van der Waals surface area contributed by atoms with Crippen LogP contribution in [0.25, 0.3) is 0 Å². The predicted molar refractivity (Wildman–Crippen MR) is 58.7 cm³/mol. The van der Waals surface area contributed by atoms with Gasteiger partial charge in [-0.25, -0.2) is 9.69 Å². The predicted octanol–water partition coefficient (Wildman–Crippen LogP) is 2.10. The van der Waals surface area contributed by atoms with Crippen molar-refractivity contribution in [2.24, 2.45) is 5.92 Å². The SMILES string of the molecule is C=CC[C@H](C)C(=O)N1C(=O)O[C@H]2CCC[C@H]21. The van der Waals surface area contributed by atoms with E-state index in [0.29, 0.717) is 6.42 Å². The van der Waals surface area contributed by atoms with E-state index in [4.69, 9.17) is 4.74 Å². The molecule has 1 saturated carbocycles. The van der Waals surface area contributed by atoms with Gasteiger partial charge in [0, 0.05) is 5.92 Å². The third kappa shape index (κ3) is 1.72. The van der Waals surface area contributed by atoms with Gasteiger partial charge in [0.15, 0.2) is 0 Å². The molecule has 0 bridgehead atoms. The largest absolute Gasteiger partial charge is 0.444 e. The molecule has 16 heavy (non-hydrogen) atoms. The minimum absolute atomic E-state index is 0.0211. The van der Waals surface area contributed by atoms with Crippen LogP contribution in [0.15, 0.2) is 12.7 Å². The van der Waals surface area contributed by atoms with E-state index in [-0.39, 0.29) is 24.0 Å². The third-order valence-electron chi connectivity index (χ3n) is 3.38. The fourth-order valence-corrected chi connectivity index (χ4v) is 2.50. The van der Waals surface area contributed by atoms with Crippen molar-refractivity contribution >= 4 is 12.0 Å². The quantitative estimate of drug-likeness (QED) is 0.688. The molecule has 2 aliphatic rings. The Hall–Kier alpha value is -1.32. The van der Waals surface area contributed by atoms with E-state index in [1.165, 1.54) is 4.90 Å². The van der Waals surface area contributed by atoms with Gasteiger partial charge in [0.05, 0.1) is 6.04 Å². The van der Waals surface area contributed by atoms with Gasteiger partial charge in [-0.2, -0.15) is 0 Å². The number of amides is 2. The molecule has 2 amide bonds. The van der Waals surface area contributed by atoms with Crippen LogP contribution in [0.5, 0.6) is 0 Å². The molecule has 1 saturated heterocycles. The molecule has 0 radical (unpaired) electrons. The molecular weight excluding hydrogens is 206 g/mol. The van der Waals surface area contributed by atoms with Crippen molar-refractivity contribution < 1.29 is 14.3 Å². The molecule has 1 aliphatic heterocycles. The van der Waals surface area contributed by atoms with E-state index in [1.54, 1.807) is 6.08 Å². The lowest BCUT2D eigenvalue weighted by molar-refractivity contribution is -0.132. The number of hydrogen-bond acceptors (Lipinski definition) is 3. The van der Waals surface area contributed by atoms with E-state index in [0.717, 1.165) is 19.3 Å². The summed E-state index contributed by atoms with van der Waals surface area (Å²) in [6.45, 7) is 5.43. The third-order valence-corrected chi connectivity index (χ3v) is 3.38. The first-order valence-electron chi connectivity index (χ1n) is 5.79. The molecule has 1 heterocycles. The van der Waals surface area contributed by atoms with E-state index in [9.17, 15) is 9.59 Å². The Morgan fingerprint density at radius 2 is 2.44 bits per heavy atom. The van der Waals surface area contributed by atoms with Crippen LogP contribution in [0.2, 0.25) is 0 Å². The topological polar surface area (TPSA) is 46.6 Å². The molecule has 0 N–H and O–H groups in total. The van der Waals surface area contributed by atoms with Gasteiger partial charge < -0.3 is 4.74 Å². The second-order valence-electron chi connectivity index (χ2n) is 4.55. The minimum Gasteiger partial charge on any atom is -0.444 e. The molecule has 0 aromatic carbocycles. The highest BCUT2D eigenvalue weighted by Crippen LogP contribution is 2.34. The maximum Gasteiger partial charge on any atom is 0.417 e. The molecule has 0 aromatic rings. The smallest absolute Gasteiger partial charge is 0.417 e. The van der Waals surface area contributed by atoms with E-state index in [1.807, 2.05) is 6.92 Å². The zero-order valence-electron chi connectivity index (χ0n) is 9.52. The summed E-state index contributed by atoms with van der Waals surface area (Å²) >= 11 is 0. The van der Waals surface area contributed by atoms with E-state index < -0.39 is 6.09 Å². The molecule has 0 aromatic heterocycles. The second-order valence-corrected chi connectivity index (χ2v) is 4.55. The van der Waals surface area contributed by atoms with Crippen LogP contribution >= 0.6 is 0 Å². The Morgan fingerprint density at radius 1 is 1.69 bits per heavy atom. The molecule has 4 heteroatoms. The minimum atomic E-state index is -0.462. The summed E-state index contributed by atoms with van der Waals surface area (Å²) in [4.78, 5) is 25.0. The van der Waals surface area contributed by atoms with Crippen LogP contribution in [0, 0.1) is 5.92 Å². The first kappa shape index (κ1) is 11.2. The van der Waals surface area contributed by atoms with Crippen molar-refractivity contribution in [2.75, 3.05) is 0 Å². The van der Waals surface area contributed by atoms with Crippen molar-refractivity contribution in [3.8, 4) is 0 Å². The molecular formula is C12H17NO3. The van der Waals surface area contributed by atoms with Gasteiger partial charge in [0.25, 0.3) is 0 Å². The normalized spacial score (nSPS) is 29.8. The molecule has 0 spiro atoms. The summed E-state index contributed by atoms with van der Waals surface area (Å²) < 4.78 is 5.19.